The molecule has 0 unspecified atom stereocenters. The maximum Gasteiger partial charge on any atom is 0.273 e. The lowest BCUT2D eigenvalue weighted by Gasteiger charge is -2.36. The Labute approximate surface area is 186 Å². The van der Waals surface area contributed by atoms with Crippen LogP contribution >= 0.6 is 11.3 Å². The molecule has 1 saturated heterocycles. The number of rotatable bonds is 4. The largest absolute Gasteiger partial charge is 0.491 e. The zero-order chi connectivity index (χ0) is 21.0. The van der Waals surface area contributed by atoms with Crippen LogP contribution in [0.15, 0.2) is 59.4 Å². The molecule has 0 atom stereocenters. The van der Waals surface area contributed by atoms with E-state index >= 15 is 0 Å². The summed E-state index contributed by atoms with van der Waals surface area (Å²) < 4.78 is 5.92. The molecule has 6 nitrogen and oxygen atoms in total. The van der Waals surface area contributed by atoms with Gasteiger partial charge in [0.25, 0.3) is 5.91 Å². The van der Waals surface area contributed by atoms with Crippen LogP contribution in [0.2, 0.25) is 0 Å². The molecule has 160 valence electrons. The van der Waals surface area contributed by atoms with Gasteiger partial charge in [-0.2, -0.15) is 0 Å². The number of anilines is 1. The van der Waals surface area contributed by atoms with Crippen molar-refractivity contribution in [3.05, 3.63) is 76.2 Å². The van der Waals surface area contributed by atoms with Crippen LogP contribution in [0.4, 0.5) is 5.69 Å². The minimum atomic E-state index is -0.0277. The van der Waals surface area contributed by atoms with E-state index in [1.165, 1.54) is 22.6 Å². The molecule has 2 aliphatic heterocycles. The normalized spacial score (nSPS) is 17.0. The van der Waals surface area contributed by atoms with E-state index in [2.05, 4.69) is 63.3 Å². The number of carbonyl (C=O) groups is 1. The summed E-state index contributed by atoms with van der Waals surface area (Å²) in [4.78, 5) is 23.7. The Morgan fingerprint density at radius 3 is 2.65 bits per heavy atom. The van der Waals surface area contributed by atoms with Gasteiger partial charge in [-0.15, -0.1) is 11.3 Å². The van der Waals surface area contributed by atoms with Crippen molar-refractivity contribution >= 4 is 22.9 Å². The lowest BCUT2D eigenvalue weighted by molar-refractivity contribution is 0.0728. The summed E-state index contributed by atoms with van der Waals surface area (Å²) >= 11 is 1.44. The summed E-state index contributed by atoms with van der Waals surface area (Å²) in [7, 11) is 0. The van der Waals surface area contributed by atoms with Crippen molar-refractivity contribution in [2.24, 2.45) is 0 Å². The first-order chi connectivity index (χ1) is 15.3. The van der Waals surface area contributed by atoms with Gasteiger partial charge in [-0.25, -0.2) is 4.98 Å². The number of thiazole rings is 1. The number of para-hydroxylation sites is 1. The first-order valence-corrected chi connectivity index (χ1v) is 11.6. The molecule has 3 aromatic rings. The molecule has 0 spiro atoms. The zero-order valence-electron chi connectivity index (χ0n) is 17.4. The summed E-state index contributed by atoms with van der Waals surface area (Å²) in [5.41, 5.74) is 5.85. The summed E-state index contributed by atoms with van der Waals surface area (Å²) in [5, 5.41) is 1.81. The second-order valence-electron chi connectivity index (χ2n) is 7.99. The highest BCUT2D eigenvalue weighted by molar-refractivity contribution is 7.07. The first kappa shape index (κ1) is 20.0. The highest BCUT2D eigenvalue weighted by Gasteiger charge is 2.23. The van der Waals surface area contributed by atoms with E-state index in [4.69, 9.17) is 4.74 Å². The Morgan fingerprint density at radius 2 is 1.87 bits per heavy atom. The van der Waals surface area contributed by atoms with Crippen molar-refractivity contribution in [2.45, 2.75) is 13.1 Å². The van der Waals surface area contributed by atoms with E-state index in [9.17, 15) is 4.79 Å². The molecule has 0 radical (unpaired) electrons. The third-order valence-corrected chi connectivity index (χ3v) is 6.53. The third-order valence-electron chi connectivity index (χ3n) is 5.94. The number of nitrogens with zero attached hydrogens (tertiary/aromatic N) is 4. The van der Waals surface area contributed by atoms with Crippen molar-refractivity contribution < 1.29 is 9.53 Å². The minimum absolute atomic E-state index is 0.0277. The second-order valence-corrected chi connectivity index (χ2v) is 8.71. The third kappa shape index (κ3) is 4.57. The number of aromatic nitrogens is 1. The second kappa shape index (κ2) is 9.08. The Kier molecular flexibility index (Phi) is 5.86. The predicted octanol–water partition coefficient (Wildman–Crippen LogP) is 3.50. The van der Waals surface area contributed by atoms with Gasteiger partial charge < -0.3 is 14.5 Å². The molecular weight excluding hydrogens is 408 g/mol. The Morgan fingerprint density at radius 1 is 1.03 bits per heavy atom. The van der Waals surface area contributed by atoms with Crippen LogP contribution in [0.1, 0.15) is 21.6 Å². The fourth-order valence-electron chi connectivity index (χ4n) is 4.26. The molecule has 5 rings (SSSR count). The molecule has 0 aliphatic carbocycles. The Hall–Kier alpha value is -2.90. The fraction of sp³-hybridized carbons (Fsp3) is 0.333. The Balaban J connectivity index is 1.24. The first-order valence-electron chi connectivity index (χ1n) is 10.7. The van der Waals surface area contributed by atoms with Gasteiger partial charge in [0, 0.05) is 55.9 Å². The van der Waals surface area contributed by atoms with Crippen molar-refractivity contribution in [3.8, 4) is 5.75 Å². The molecule has 0 N–H and O–H groups in total. The molecule has 0 bridgehead atoms. The fourth-order valence-corrected chi connectivity index (χ4v) is 4.79. The van der Waals surface area contributed by atoms with E-state index in [0.29, 0.717) is 25.4 Å². The SMILES string of the molecule is O=C(c1cscn1)N1CCOc2ccc(CN3CCN(c4ccccc4)CC3)cc2C1. The molecule has 3 heterocycles. The van der Waals surface area contributed by atoms with E-state index in [0.717, 1.165) is 44.0 Å². The smallest absolute Gasteiger partial charge is 0.273 e. The van der Waals surface area contributed by atoms with Gasteiger partial charge in [-0.05, 0) is 29.8 Å². The minimum Gasteiger partial charge on any atom is -0.491 e. The van der Waals surface area contributed by atoms with E-state index in [1.807, 2.05) is 4.90 Å². The predicted molar refractivity (Wildman–Crippen MR) is 123 cm³/mol. The molecule has 1 amide bonds. The number of piperazine rings is 1. The molecule has 1 aromatic heterocycles. The van der Waals surface area contributed by atoms with Gasteiger partial charge in [-0.1, -0.05) is 24.3 Å². The van der Waals surface area contributed by atoms with Crippen LogP contribution in [0.3, 0.4) is 0 Å². The number of amides is 1. The van der Waals surface area contributed by atoms with E-state index in [1.54, 1.807) is 10.9 Å². The summed E-state index contributed by atoms with van der Waals surface area (Å²) in [6.07, 6.45) is 0. The number of hydrogen-bond donors (Lipinski definition) is 0. The van der Waals surface area contributed by atoms with E-state index < -0.39 is 0 Å². The van der Waals surface area contributed by atoms with Crippen molar-refractivity contribution in [1.29, 1.82) is 0 Å². The molecule has 7 heteroatoms. The number of ether oxygens (including phenoxy) is 1. The number of benzene rings is 2. The maximum atomic E-state index is 12.8. The van der Waals surface area contributed by atoms with Crippen LogP contribution in [0.25, 0.3) is 0 Å². The molecule has 2 aliphatic rings. The number of fused-ring (bicyclic) bond motifs is 1. The van der Waals surface area contributed by atoms with Crippen molar-refractivity contribution in [3.63, 3.8) is 0 Å². The average Bonchev–Trinajstić information content (AvgIpc) is 3.27. The lowest BCUT2D eigenvalue weighted by Crippen LogP contribution is -2.45. The summed E-state index contributed by atoms with van der Waals surface area (Å²) in [6, 6.07) is 17.0. The van der Waals surface area contributed by atoms with Crippen LogP contribution in [-0.4, -0.2) is 60.0 Å². The van der Waals surface area contributed by atoms with Crippen LogP contribution in [0.5, 0.6) is 5.75 Å². The quantitative estimate of drug-likeness (QED) is 0.629. The summed E-state index contributed by atoms with van der Waals surface area (Å²) in [6.45, 7) is 6.69. The summed E-state index contributed by atoms with van der Waals surface area (Å²) in [5.74, 6) is 0.853. The van der Waals surface area contributed by atoms with Crippen molar-refractivity contribution in [1.82, 2.24) is 14.8 Å². The van der Waals surface area contributed by atoms with E-state index in [-0.39, 0.29) is 5.91 Å². The maximum absolute atomic E-state index is 12.8. The van der Waals surface area contributed by atoms with Gasteiger partial charge in [0.05, 0.1) is 12.1 Å². The van der Waals surface area contributed by atoms with Gasteiger partial charge in [0.1, 0.15) is 18.1 Å². The molecule has 1 fully saturated rings. The Bertz CT molecular complexity index is 1020. The topological polar surface area (TPSA) is 48.9 Å². The monoisotopic (exact) mass is 434 g/mol. The highest BCUT2D eigenvalue weighted by Crippen LogP contribution is 2.26. The number of carbonyl (C=O) groups excluding carboxylic acids is 1. The molecule has 2 aromatic carbocycles. The molecule has 0 saturated carbocycles. The van der Waals surface area contributed by atoms with Crippen LogP contribution in [-0.2, 0) is 13.1 Å². The van der Waals surface area contributed by atoms with Crippen LogP contribution in [0, 0.1) is 0 Å². The highest BCUT2D eigenvalue weighted by atomic mass is 32.1. The number of hydrogen-bond acceptors (Lipinski definition) is 6. The zero-order valence-corrected chi connectivity index (χ0v) is 18.3. The average molecular weight is 435 g/mol. The van der Waals surface area contributed by atoms with Gasteiger partial charge in [0.2, 0.25) is 0 Å². The molecular formula is C24H26N4O2S. The standard InChI is InChI=1S/C24H26N4O2S/c29-24(22-17-31-18-25-22)28-12-13-30-23-7-6-19(14-20(23)16-28)15-26-8-10-27(11-9-26)21-4-2-1-3-5-21/h1-7,14,17-18H,8-13,15-16H2. The van der Waals surface area contributed by atoms with Gasteiger partial charge in [-0.3, -0.25) is 9.69 Å². The lowest BCUT2D eigenvalue weighted by atomic mass is 10.1. The van der Waals surface area contributed by atoms with Gasteiger partial charge in [0.15, 0.2) is 0 Å². The molecule has 31 heavy (non-hydrogen) atoms. The van der Waals surface area contributed by atoms with Crippen LogP contribution < -0.4 is 9.64 Å². The van der Waals surface area contributed by atoms with Crippen molar-refractivity contribution in [2.75, 3.05) is 44.2 Å². The van der Waals surface area contributed by atoms with Gasteiger partial charge >= 0.3 is 0 Å².